The SMILES string of the molecule is O=C(O)CC1CCC(NCC(=O)N2CCc3cc(NC(=O)Nc4ccccc4F)ccc3C2)CC1. The largest absolute Gasteiger partial charge is 0.481 e. The van der Waals surface area contributed by atoms with Crippen molar-refractivity contribution < 1.29 is 23.9 Å². The Hall–Kier alpha value is -3.46. The number of hydrogen-bond acceptors (Lipinski definition) is 4. The molecule has 0 unspecified atom stereocenters. The monoisotopic (exact) mass is 482 g/mol. The molecule has 1 aliphatic heterocycles. The molecule has 4 N–H and O–H groups in total. The number of nitrogens with zero attached hydrogens (tertiary/aromatic N) is 1. The minimum Gasteiger partial charge on any atom is -0.481 e. The average molecular weight is 483 g/mol. The van der Waals surface area contributed by atoms with E-state index in [0.29, 0.717) is 25.2 Å². The number of rotatable bonds is 7. The van der Waals surface area contributed by atoms with Crippen LogP contribution in [0.25, 0.3) is 0 Å². The van der Waals surface area contributed by atoms with Crippen molar-refractivity contribution in [1.29, 1.82) is 0 Å². The van der Waals surface area contributed by atoms with Gasteiger partial charge in [-0.05, 0) is 73.4 Å². The molecule has 0 atom stereocenters. The maximum Gasteiger partial charge on any atom is 0.323 e. The van der Waals surface area contributed by atoms with Gasteiger partial charge in [0.2, 0.25) is 5.91 Å². The Balaban J connectivity index is 1.24. The molecule has 0 bridgehead atoms. The lowest BCUT2D eigenvalue weighted by Gasteiger charge is -2.31. The summed E-state index contributed by atoms with van der Waals surface area (Å²) in [6.07, 6.45) is 4.47. The Morgan fingerprint density at radius 3 is 2.51 bits per heavy atom. The number of halogens is 1. The van der Waals surface area contributed by atoms with Crippen LogP contribution in [0.2, 0.25) is 0 Å². The van der Waals surface area contributed by atoms with E-state index in [1.54, 1.807) is 18.2 Å². The molecule has 3 amide bonds. The lowest BCUT2D eigenvalue weighted by atomic mass is 9.84. The molecule has 1 heterocycles. The summed E-state index contributed by atoms with van der Waals surface area (Å²) in [6.45, 7) is 1.39. The number of aliphatic carboxylic acids is 1. The van der Waals surface area contributed by atoms with Gasteiger partial charge in [-0.25, -0.2) is 9.18 Å². The molecule has 2 aromatic rings. The van der Waals surface area contributed by atoms with Gasteiger partial charge in [0.05, 0.1) is 12.2 Å². The molecule has 0 saturated heterocycles. The van der Waals surface area contributed by atoms with E-state index in [2.05, 4.69) is 16.0 Å². The van der Waals surface area contributed by atoms with Gasteiger partial charge in [-0.2, -0.15) is 0 Å². The van der Waals surface area contributed by atoms with Crippen molar-refractivity contribution in [1.82, 2.24) is 10.2 Å². The van der Waals surface area contributed by atoms with Crippen molar-refractivity contribution in [2.75, 3.05) is 23.7 Å². The van der Waals surface area contributed by atoms with Crippen LogP contribution in [0.3, 0.4) is 0 Å². The van der Waals surface area contributed by atoms with E-state index in [4.69, 9.17) is 5.11 Å². The van der Waals surface area contributed by atoms with E-state index in [9.17, 15) is 18.8 Å². The number of carbonyl (C=O) groups is 3. The molecule has 2 aliphatic rings. The Kier molecular flexibility index (Phi) is 7.97. The van der Waals surface area contributed by atoms with Crippen molar-refractivity contribution in [3.63, 3.8) is 0 Å². The first-order chi connectivity index (χ1) is 16.9. The van der Waals surface area contributed by atoms with Gasteiger partial charge in [0.1, 0.15) is 5.82 Å². The first-order valence-corrected chi connectivity index (χ1v) is 12.0. The summed E-state index contributed by atoms with van der Waals surface area (Å²) in [5, 5.41) is 17.5. The highest BCUT2D eigenvalue weighted by Crippen LogP contribution is 2.27. The second-order valence-corrected chi connectivity index (χ2v) is 9.30. The summed E-state index contributed by atoms with van der Waals surface area (Å²) in [7, 11) is 0. The van der Waals surface area contributed by atoms with Crippen LogP contribution < -0.4 is 16.0 Å². The van der Waals surface area contributed by atoms with Crippen LogP contribution in [0.15, 0.2) is 42.5 Å². The molecule has 8 nitrogen and oxygen atoms in total. The number of hydrogen-bond donors (Lipinski definition) is 4. The number of anilines is 2. The fourth-order valence-corrected chi connectivity index (χ4v) is 4.85. The highest BCUT2D eigenvalue weighted by molar-refractivity contribution is 5.99. The molecule has 2 aromatic carbocycles. The van der Waals surface area contributed by atoms with E-state index in [0.717, 1.165) is 36.8 Å². The number of fused-ring (bicyclic) bond motifs is 1. The number of carbonyl (C=O) groups excluding carboxylic acids is 2. The molecule has 1 aliphatic carbocycles. The van der Waals surface area contributed by atoms with E-state index < -0.39 is 17.8 Å². The maximum atomic E-state index is 13.7. The number of urea groups is 1. The molecule has 0 spiro atoms. The van der Waals surface area contributed by atoms with E-state index >= 15 is 0 Å². The normalized spacial score (nSPS) is 19.5. The van der Waals surface area contributed by atoms with E-state index in [1.807, 2.05) is 17.0 Å². The molecule has 9 heteroatoms. The second kappa shape index (κ2) is 11.3. The van der Waals surface area contributed by atoms with Crippen molar-refractivity contribution in [2.45, 2.75) is 51.1 Å². The van der Waals surface area contributed by atoms with Gasteiger partial charge in [0.25, 0.3) is 0 Å². The van der Waals surface area contributed by atoms with Crippen molar-refractivity contribution >= 4 is 29.3 Å². The summed E-state index contributed by atoms with van der Waals surface area (Å²) >= 11 is 0. The molecule has 186 valence electrons. The zero-order valence-electron chi connectivity index (χ0n) is 19.6. The zero-order valence-corrected chi connectivity index (χ0v) is 19.6. The lowest BCUT2D eigenvalue weighted by molar-refractivity contribution is -0.138. The van der Waals surface area contributed by atoms with Crippen LogP contribution in [0, 0.1) is 11.7 Å². The minimum absolute atomic E-state index is 0.0507. The lowest BCUT2D eigenvalue weighted by Crippen LogP contribution is -2.44. The van der Waals surface area contributed by atoms with Gasteiger partial charge < -0.3 is 26.0 Å². The van der Waals surface area contributed by atoms with Gasteiger partial charge in [0.15, 0.2) is 0 Å². The number of para-hydroxylation sites is 1. The van der Waals surface area contributed by atoms with Crippen LogP contribution in [0.5, 0.6) is 0 Å². The summed E-state index contributed by atoms with van der Waals surface area (Å²) in [5.41, 5.74) is 2.83. The fourth-order valence-electron chi connectivity index (χ4n) is 4.85. The van der Waals surface area contributed by atoms with Crippen molar-refractivity contribution in [2.24, 2.45) is 5.92 Å². The number of carboxylic acid groups (broad SMARTS) is 1. The minimum atomic E-state index is -0.740. The van der Waals surface area contributed by atoms with Crippen LogP contribution >= 0.6 is 0 Å². The molecule has 0 aromatic heterocycles. The molecular weight excluding hydrogens is 451 g/mol. The number of benzene rings is 2. The molecular formula is C26H31FN4O4. The van der Waals surface area contributed by atoms with E-state index in [1.165, 1.54) is 12.1 Å². The standard InChI is InChI=1S/C26H31FN4O4/c27-22-3-1-2-4-23(22)30-26(35)29-21-10-7-19-16-31(12-11-18(19)14-21)24(32)15-28-20-8-5-17(6-9-20)13-25(33)34/h1-4,7,10,14,17,20,28H,5-6,8-9,11-13,15-16H2,(H,33,34)(H2,29,30,35). The van der Waals surface area contributed by atoms with Gasteiger partial charge in [-0.1, -0.05) is 18.2 Å². The molecule has 1 fully saturated rings. The molecule has 1 saturated carbocycles. The maximum absolute atomic E-state index is 13.7. The highest BCUT2D eigenvalue weighted by Gasteiger charge is 2.25. The van der Waals surface area contributed by atoms with E-state index in [-0.39, 0.29) is 36.5 Å². The Morgan fingerprint density at radius 1 is 1.00 bits per heavy atom. The summed E-state index contributed by atoms with van der Waals surface area (Å²) < 4.78 is 13.7. The quantitative estimate of drug-likeness (QED) is 0.477. The first kappa shape index (κ1) is 24.7. The topological polar surface area (TPSA) is 111 Å². The Morgan fingerprint density at radius 2 is 1.77 bits per heavy atom. The third kappa shape index (κ3) is 6.79. The molecule has 35 heavy (non-hydrogen) atoms. The van der Waals surface area contributed by atoms with Gasteiger partial charge >= 0.3 is 12.0 Å². The highest BCUT2D eigenvalue weighted by atomic mass is 19.1. The van der Waals surface area contributed by atoms with Crippen LogP contribution in [-0.4, -0.2) is 47.0 Å². The first-order valence-electron chi connectivity index (χ1n) is 12.0. The average Bonchev–Trinajstić information content (AvgIpc) is 2.84. The van der Waals surface area contributed by atoms with Crippen LogP contribution in [0.4, 0.5) is 20.6 Å². The van der Waals surface area contributed by atoms with Gasteiger partial charge in [-0.15, -0.1) is 0 Å². The smallest absolute Gasteiger partial charge is 0.323 e. The van der Waals surface area contributed by atoms with Crippen molar-refractivity contribution in [3.8, 4) is 0 Å². The molecule has 0 radical (unpaired) electrons. The van der Waals surface area contributed by atoms with Gasteiger partial charge in [0, 0.05) is 31.2 Å². The zero-order chi connectivity index (χ0) is 24.8. The van der Waals surface area contributed by atoms with Crippen LogP contribution in [0.1, 0.15) is 43.2 Å². The number of carboxylic acids is 1. The Labute approximate surface area is 203 Å². The number of amides is 3. The fraction of sp³-hybridized carbons (Fsp3) is 0.423. The molecule has 4 rings (SSSR count). The summed E-state index contributed by atoms with van der Waals surface area (Å²) in [4.78, 5) is 37.7. The summed E-state index contributed by atoms with van der Waals surface area (Å²) in [5.74, 6) is -0.950. The third-order valence-electron chi connectivity index (χ3n) is 6.80. The second-order valence-electron chi connectivity index (χ2n) is 9.30. The predicted octanol–water partition coefficient (Wildman–Crippen LogP) is 3.98. The Bertz CT molecular complexity index is 1080. The predicted molar refractivity (Wildman–Crippen MR) is 131 cm³/mol. The van der Waals surface area contributed by atoms with Crippen LogP contribution in [-0.2, 0) is 22.6 Å². The number of nitrogens with one attached hydrogen (secondary N) is 3. The van der Waals surface area contributed by atoms with Crippen molar-refractivity contribution in [3.05, 3.63) is 59.4 Å². The third-order valence-corrected chi connectivity index (χ3v) is 6.80. The van der Waals surface area contributed by atoms with Gasteiger partial charge in [-0.3, -0.25) is 9.59 Å². The summed E-state index contributed by atoms with van der Waals surface area (Å²) in [6, 6.07) is 11.3.